The van der Waals surface area contributed by atoms with Crippen LogP contribution in [0.4, 0.5) is 0 Å². The van der Waals surface area contributed by atoms with Gasteiger partial charge in [-0.05, 0) is 41.4 Å². The molecule has 0 bridgehead atoms. The Morgan fingerprint density at radius 3 is 2.62 bits per heavy atom. The summed E-state index contributed by atoms with van der Waals surface area (Å²) in [4.78, 5) is 14.0. The molecule has 0 spiro atoms. The standard InChI is InChI=1S/C13H18BrNO/c1-4-7-10(2)15(3)13(16)11-8-5-6-9-12(11)14/h5-6,8-10H,4,7H2,1-3H3. The maximum atomic E-state index is 12.2. The van der Waals surface area contributed by atoms with Crippen molar-refractivity contribution in [2.24, 2.45) is 0 Å². The Labute approximate surface area is 106 Å². The lowest BCUT2D eigenvalue weighted by Crippen LogP contribution is -2.35. The van der Waals surface area contributed by atoms with E-state index in [0.717, 1.165) is 22.9 Å². The third-order valence-electron chi connectivity index (χ3n) is 2.79. The molecular formula is C13H18BrNO. The van der Waals surface area contributed by atoms with Gasteiger partial charge in [0.05, 0.1) is 5.56 Å². The summed E-state index contributed by atoms with van der Waals surface area (Å²) in [6, 6.07) is 7.82. The summed E-state index contributed by atoms with van der Waals surface area (Å²) in [6.45, 7) is 4.21. The van der Waals surface area contributed by atoms with Gasteiger partial charge in [0.25, 0.3) is 5.91 Å². The predicted molar refractivity (Wildman–Crippen MR) is 70.6 cm³/mol. The average Bonchev–Trinajstić information content (AvgIpc) is 2.28. The van der Waals surface area contributed by atoms with E-state index in [4.69, 9.17) is 0 Å². The molecule has 0 aliphatic carbocycles. The zero-order valence-electron chi connectivity index (χ0n) is 10.0. The molecule has 3 heteroatoms. The number of rotatable bonds is 4. The molecule has 0 N–H and O–H groups in total. The second-order valence-corrected chi connectivity index (χ2v) is 4.89. The number of amides is 1. The summed E-state index contributed by atoms with van der Waals surface area (Å²) in [6.07, 6.45) is 2.13. The van der Waals surface area contributed by atoms with E-state index >= 15 is 0 Å². The van der Waals surface area contributed by atoms with Gasteiger partial charge in [0.1, 0.15) is 0 Å². The number of nitrogens with zero attached hydrogens (tertiary/aromatic N) is 1. The second-order valence-electron chi connectivity index (χ2n) is 4.03. The molecule has 0 aromatic heterocycles. The molecule has 1 amide bonds. The highest BCUT2D eigenvalue weighted by molar-refractivity contribution is 9.10. The van der Waals surface area contributed by atoms with Crippen molar-refractivity contribution in [3.63, 3.8) is 0 Å². The first-order valence-corrected chi connectivity index (χ1v) is 6.39. The van der Waals surface area contributed by atoms with Crippen LogP contribution >= 0.6 is 15.9 Å². The Morgan fingerprint density at radius 1 is 1.44 bits per heavy atom. The first kappa shape index (κ1) is 13.2. The average molecular weight is 284 g/mol. The van der Waals surface area contributed by atoms with E-state index in [2.05, 4.69) is 29.8 Å². The highest BCUT2D eigenvalue weighted by Gasteiger charge is 2.18. The van der Waals surface area contributed by atoms with Crippen LogP contribution in [0.3, 0.4) is 0 Å². The van der Waals surface area contributed by atoms with Crippen molar-refractivity contribution in [1.29, 1.82) is 0 Å². The van der Waals surface area contributed by atoms with Crippen molar-refractivity contribution in [3.8, 4) is 0 Å². The van der Waals surface area contributed by atoms with Crippen molar-refractivity contribution < 1.29 is 4.79 Å². The summed E-state index contributed by atoms with van der Waals surface area (Å²) < 4.78 is 0.857. The molecule has 0 saturated heterocycles. The Kier molecular flexibility index (Phi) is 5.00. The maximum Gasteiger partial charge on any atom is 0.254 e. The van der Waals surface area contributed by atoms with E-state index in [0.29, 0.717) is 0 Å². The first-order valence-electron chi connectivity index (χ1n) is 5.59. The molecule has 1 rings (SSSR count). The Morgan fingerprint density at radius 2 is 2.06 bits per heavy atom. The summed E-state index contributed by atoms with van der Waals surface area (Å²) in [5.74, 6) is 0.0772. The predicted octanol–water partition coefficient (Wildman–Crippen LogP) is 3.71. The van der Waals surface area contributed by atoms with Crippen LogP contribution in [-0.2, 0) is 0 Å². The molecule has 1 aromatic carbocycles. The van der Waals surface area contributed by atoms with E-state index in [1.165, 1.54) is 0 Å². The molecule has 0 heterocycles. The van der Waals surface area contributed by atoms with E-state index < -0.39 is 0 Å². The van der Waals surface area contributed by atoms with Crippen molar-refractivity contribution >= 4 is 21.8 Å². The molecule has 0 aliphatic heterocycles. The highest BCUT2D eigenvalue weighted by Crippen LogP contribution is 2.19. The lowest BCUT2D eigenvalue weighted by Gasteiger charge is -2.25. The minimum atomic E-state index is 0.0772. The third-order valence-corrected chi connectivity index (χ3v) is 3.48. The minimum Gasteiger partial charge on any atom is -0.339 e. The zero-order valence-corrected chi connectivity index (χ0v) is 11.6. The zero-order chi connectivity index (χ0) is 12.1. The largest absolute Gasteiger partial charge is 0.339 e. The van der Waals surface area contributed by atoms with Gasteiger partial charge in [-0.25, -0.2) is 0 Å². The number of hydrogen-bond donors (Lipinski definition) is 0. The molecule has 16 heavy (non-hydrogen) atoms. The molecule has 88 valence electrons. The summed E-state index contributed by atoms with van der Waals surface area (Å²) in [7, 11) is 1.86. The van der Waals surface area contributed by atoms with Crippen LogP contribution in [-0.4, -0.2) is 23.9 Å². The topological polar surface area (TPSA) is 20.3 Å². The molecule has 0 radical (unpaired) electrons. The third kappa shape index (κ3) is 3.08. The maximum absolute atomic E-state index is 12.2. The first-order chi connectivity index (χ1) is 7.57. The molecular weight excluding hydrogens is 266 g/mol. The van der Waals surface area contributed by atoms with Gasteiger partial charge in [-0.3, -0.25) is 4.79 Å². The highest BCUT2D eigenvalue weighted by atomic mass is 79.9. The van der Waals surface area contributed by atoms with Gasteiger partial charge in [0.15, 0.2) is 0 Å². The van der Waals surface area contributed by atoms with Crippen molar-refractivity contribution in [1.82, 2.24) is 4.90 Å². The number of carbonyl (C=O) groups is 1. The van der Waals surface area contributed by atoms with E-state index in [9.17, 15) is 4.79 Å². The van der Waals surface area contributed by atoms with Gasteiger partial charge < -0.3 is 4.90 Å². The van der Waals surface area contributed by atoms with Gasteiger partial charge in [0.2, 0.25) is 0 Å². The van der Waals surface area contributed by atoms with Gasteiger partial charge in [-0.15, -0.1) is 0 Å². The molecule has 0 saturated carbocycles. The number of benzene rings is 1. The van der Waals surface area contributed by atoms with Crippen LogP contribution in [0, 0.1) is 0 Å². The summed E-state index contributed by atoms with van der Waals surface area (Å²) >= 11 is 3.41. The number of carbonyl (C=O) groups excluding carboxylic acids is 1. The Balaban J connectivity index is 2.82. The van der Waals surface area contributed by atoms with Gasteiger partial charge in [-0.1, -0.05) is 25.5 Å². The Hall–Kier alpha value is -0.830. The quantitative estimate of drug-likeness (QED) is 0.825. The van der Waals surface area contributed by atoms with Crippen LogP contribution in [0.5, 0.6) is 0 Å². The smallest absolute Gasteiger partial charge is 0.254 e. The molecule has 2 nitrogen and oxygen atoms in total. The molecule has 1 atom stereocenters. The molecule has 0 aliphatic rings. The van der Waals surface area contributed by atoms with Crippen molar-refractivity contribution in [2.75, 3.05) is 7.05 Å². The van der Waals surface area contributed by atoms with Crippen LogP contribution in [0.2, 0.25) is 0 Å². The fourth-order valence-electron chi connectivity index (χ4n) is 1.64. The van der Waals surface area contributed by atoms with Crippen LogP contribution in [0.15, 0.2) is 28.7 Å². The second kappa shape index (κ2) is 6.04. The van der Waals surface area contributed by atoms with Crippen molar-refractivity contribution in [2.45, 2.75) is 32.7 Å². The van der Waals surface area contributed by atoms with Gasteiger partial charge in [0, 0.05) is 17.6 Å². The number of halogens is 1. The number of hydrogen-bond acceptors (Lipinski definition) is 1. The summed E-state index contributed by atoms with van der Waals surface area (Å²) in [5.41, 5.74) is 0.730. The van der Waals surface area contributed by atoms with E-state index in [1.54, 1.807) is 0 Å². The van der Waals surface area contributed by atoms with Crippen molar-refractivity contribution in [3.05, 3.63) is 34.3 Å². The molecule has 1 aromatic rings. The lowest BCUT2D eigenvalue weighted by molar-refractivity contribution is 0.0736. The van der Waals surface area contributed by atoms with Crippen LogP contribution < -0.4 is 0 Å². The van der Waals surface area contributed by atoms with Gasteiger partial charge >= 0.3 is 0 Å². The normalized spacial score (nSPS) is 12.2. The van der Waals surface area contributed by atoms with Crippen LogP contribution in [0.1, 0.15) is 37.0 Å². The van der Waals surface area contributed by atoms with E-state index in [1.807, 2.05) is 36.2 Å². The fraction of sp³-hybridized carbons (Fsp3) is 0.462. The minimum absolute atomic E-state index is 0.0772. The summed E-state index contributed by atoms with van der Waals surface area (Å²) in [5, 5.41) is 0. The lowest BCUT2D eigenvalue weighted by atomic mass is 10.1. The monoisotopic (exact) mass is 283 g/mol. The Bertz CT molecular complexity index is 365. The molecule has 0 fully saturated rings. The van der Waals surface area contributed by atoms with E-state index in [-0.39, 0.29) is 11.9 Å². The molecule has 1 unspecified atom stereocenters. The SMILES string of the molecule is CCCC(C)N(C)C(=O)c1ccccc1Br. The fourth-order valence-corrected chi connectivity index (χ4v) is 2.09. The van der Waals surface area contributed by atoms with Crippen LogP contribution in [0.25, 0.3) is 0 Å². The van der Waals surface area contributed by atoms with Gasteiger partial charge in [-0.2, -0.15) is 0 Å².